The standard InChI is InChI=1S/C24H29N3O2/c1-18-8-12-20(13-9-18)29-17-5-4-16-27-22-7-3-2-6-21(22)26-23(27)14-15-25-24(28)19-10-11-19/h2-3,6-9,12-13,19H,4-5,10-11,14-17H2,1H3,(H,25,28). The lowest BCUT2D eigenvalue weighted by Crippen LogP contribution is -2.27. The predicted molar refractivity (Wildman–Crippen MR) is 115 cm³/mol. The number of benzene rings is 2. The van der Waals surface area contributed by atoms with Gasteiger partial charge in [0.15, 0.2) is 0 Å². The Morgan fingerprint density at radius 2 is 1.93 bits per heavy atom. The highest BCUT2D eigenvalue weighted by Crippen LogP contribution is 2.28. The van der Waals surface area contributed by atoms with Gasteiger partial charge in [0.2, 0.25) is 5.91 Å². The Morgan fingerprint density at radius 3 is 2.72 bits per heavy atom. The van der Waals surface area contributed by atoms with Gasteiger partial charge >= 0.3 is 0 Å². The Morgan fingerprint density at radius 1 is 1.14 bits per heavy atom. The summed E-state index contributed by atoms with van der Waals surface area (Å²) >= 11 is 0. The van der Waals surface area contributed by atoms with Crippen molar-refractivity contribution in [2.24, 2.45) is 5.92 Å². The largest absolute Gasteiger partial charge is 0.494 e. The summed E-state index contributed by atoms with van der Waals surface area (Å²) in [7, 11) is 0. The molecule has 1 aliphatic rings. The summed E-state index contributed by atoms with van der Waals surface area (Å²) < 4.78 is 8.14. The number of rotatable bonds is 10. The Kier molecular flexibility index (Phi) is 6.13. The fraction of sp³-hybridized carbons (Fsp3) is 0.417. The molecule has 0 saturated heterocycles. The molecule has 0 atom stereocenters. The van der Waals surface area contributed by atoms with Crippen LogP contribution in [0.1, 0.15) is 37.1 Å². The molecule has 1 N–H and O–H groups in total. The van der Waals surface area contributed by atoms with E-state index in [4.69, 9.17) is 9.72 Å². The van der Waals surface area contributed by atoms with Gasteiger partial charge < -0.3 is 14.6 Å². The first-order valence-electron chi connectivity index (χ1n) is 10.6. The minimum absolute atomic E-state index is 0.195. The summed E-state index contributed by atoms with van der Waals surface area (Å²) in [5.41, 5.74) is 3.42. The van der Waals surface area contributed by atoms with Gasteiger partial charge in [-0.2, -0.15) is 0 Å². The first-order valence-corrected chi connectivity index (χ1v) is 10.6. The number of unbranched alkanes of at least 4 members (excludes halogenated alkanes) is 1. The Balaban J connectivity index is 1.31. The van der Waals surface area contributed by atoms with Crippen molar-refractivity contribution in [3.63, 3.8) is 0 Å². The van der Waals surface area contributed by atoms with E-state index in [2.05, 4.69) is 47.1 Å². The molecule has 1 aliphatic carbocycles. The monoisotopic (exact) mass is 391 g/mol. The van der Waals surface area contributed by atoms with Crippen LogP contribution in [0.4, 0.5) is 0 Å². The number of nitrogens with one attached hydrogen (secondary N) is 1. The molecule has 1 fully saturated rings. The van der Waals surface area contributed by atoms with Crippen LogP contribution in [0.3, 0.4) is 0 Å². The van der Waals surface area contributed by atoms with Crippen LogP contribution in [0.5, 0.6) is 5.75 Å². The average molecular weight is 392 g/mol. The number of hydrogen-bond acceptors (Lipinski definition) is 3. The number of para-hydroxylation sites is 2. The van der Waals surface area contributed by atoms with E-state index in [-0.39, 0.29) is 11.8 Å². The van der Waals surface area contributed by atoms with Gasteiger partial charge in [-0.25, -0.2) is 4.98 Å². The lowest BCUT2D eigenvalue weighted by molar-refractivity contribution is -0.122. The molecule has 0 unspecified atom stereocenters. The molecule has 3 aromatic rings. The molecule has 5 heteroatoms. The zero-order chi connectivity index (χ0) is 20.1. The van der Waals surface area contributed by atoms with E-state index in [1.807, 2.05) is 18.2 Å². The van der Waals surface area contributed by atoms with Crippen LogP contribution in [0.2, 0.25) is 0 Å². The fourth-order valence-corrected chi connectivity index (χ4v) is 3.55. The summed E-state index contributed by atoms with van der Waals surface area (Å²) in [5.74, 6) is 2.42. The molecule has 1 aromatic heterocycles. The molecule has 152 valence electrons. The third kappa shape index (κ3) is 5.17. The number of imidazole rings is 1. The van der Waals surface area contributed by atoms with Crippen LogP contribution in [-0.2, 0) is 17.8 Å². The van der Waals surface area contributed by atoms with E-state index in [0.29, 0.717) is 13.2 Å². The molecule has 1 amide bonds. The van der Waals surface area contributed by atoms with E-state index < -0.39 is 0 Å². The van der Waals surface area contributed by atoms with E-state index >= 15 is 0 Å². The molecule has 0 aliphatic heterocycles. The third-order valence-electron chi connectivity index (χ3n) is 5.40. The van der Waals surface area contributed by atoms with E-state index in [0.717, 1.165) is 61.3 Å². The van der Waals surface area contributed by atoms with Gasteiger partial charge in [0.05, 0.1) is 17.6 Å². The number of fused-ring (bicyclic) bond motifs is 1. The first kappa shape index (κ1) is 19.5. The van der Waals surface area contributed by atoms with E-state index in [1.165, 1.54) is 5.56 Å². The average Bonchev–Trinajstić information content (AvgIpc) is 3.52. The quantitative estimate of drug-likeness (QED) is 0.525. The summed E-state index contributed by atoms with van der Waals surface area (Å²) in [4.78, 5) is 16.7. The van der Waals surface area contributed by atoms with Crippen LogP contribution in [0.25, 0.3) is 11.0 Å². The number of hydrogen-bond donors (Lipinski definition) is 1. The van der Waals surface area contributed by atoms with Crippen LogP contribution in [0.15, 0.2) is 48.5 Å². The van der Waals surface area contributed by atoms with Crippen molar-refractivity contribution in [2.45, 2.75) is 45.6 Å². The molecular formula is C24H29N3O2. The smallest absolute Gasteiger partial charge is 0.223 e. The molecule has 29 heavy (non-hydrogen) atoms. The van der Waals surface area contributed by atoms with Crippen molar-refractivity contribution in [1.82, 2.24) is 14.9 Å². The van der Waals surface area contributed by atoms with Crippen molar-refractivity contribution in [3.05, 3.63) is 59.9 Å². The Labute approximate surface area is 172 Å². The summed E-state index contributed by atoms with van der Waals surface area (Å²) in [6.45, 7) is 4.34. The zero-order valence-electron chi connectivity index (χ0n) is 17.1. The van der Waals surface area contributed by atoms with E-state index in [9.17, 15) is 4.79 Å². The minimum atomic E-state index is 0.195. The summed E-state index contributed by atoms with van der Waals surface area (Å²) in [5, 5.41) is 3.05. The highest BCUT2D eigenvalue weighted by molar-refractivity contribution is 5.80. The second-order valence-electron chi connectivity index (χ2n) is 7.85. The molecule has 4 rings (SSSR count). The molecule has 1 heterocycles. The van der Waals surface area contributed by atoms with E-state index in [1.54, 1.807) is 0 Å². The number of aryl methyl sites for hydroxylation is 2. The predicted octanol–water partition coefficient (Wildman–Crippen LogP) is 4.27. The maximum atomic E-state index is 11.9. The number of aromatic nitrogens is 2. The number of carbonyl (C=O) groups is 1. The number of nitrogens with zero attached hydrogens (tertiary/aromatic N) is 2. The summed E-state index contributed by atoms with van der Waals surface area (Å²) in [6.07, 6.45) is 4.84. The highest BCUT2D eigenvalue weighted by Gasteiger charge is 2.29. The van der Waals surface area contributed by atoms with Gasteiger partial charge in [-0.15, -0.1) is 0 Å². The second kappa shape index (κ2) is 9.12. The van der Waals surface area contributed by atoms with Crippen molar-refractivity contribution in [1.29, 1.82) is 0 Å². The number of amides is 1. The molecule has 0 bridgehead atoms. The second-order valence-corrected chi connectivity index (χ2v) is 7.85. The molecule has 0 spiro atoms. The molecule has 5 nitrogen and oxygen atoms in total. The molecule has 0 radical (unpaired) electrons. The zero-order valence-corrected chi connectivity index (χ0v) is 17.1. The van der Waals surface area contributed by atoms with Crippen LogP contribution < -0.4 is 10.1 Å². The normalized spacial score (nSPS) is 13.6. The highest BCUT2D eigenvalue weighted by atomic mass is 16.5. The van der Waals surface area contributed by atoms with Gasteiger partial charge in [-0.3, -0.25) is 4.79 Å². The first-order chi connectivity index (χ1) is 14.2. The number of carbonyl (C=O) groups excluding carboxylic acids is 1. The van der Waals surface area contributed by atoms with Crippen molar-refractivity contribution in [3.8, 4) is 5.75 Å². The van der Waals surface area contributed by atoms with Crippen molar-refractivity contribution < 1.29 is 9.53 Å². The van der Waals surface area contributed by atoms with Crippen molar-refractivity contribution in [2.75, 3.05) is 13.2 Å². The van der Waals surface area contributed by atoms with Gasteiger partial charge in [-0.1, -0.05) is 29.8 Å². The molecular weight excluding hydrogens is 362 g/mol. The molecule has 1 saturated carbocycles. The third-order valence-corrected chi connectivity index (χ3v) is 5.40. The SMILES string of the molecule is Cc1ccc(OCCCCn2c(CCNC(=O)C3CC3)nc3ccccc32)cc1. The van der Waals surface area contributed by atoms with Gasteiger partial charge in [-0.05, 0) is 56.9 Å². The maximum absolute atomic E-state index is 11.9. The lowest BCUT2D eigenvalue weighted by Gasteiger charge is -2.11. The summed E-state index contributed by atoms with van der Waals surface area (Å²) in [6, 6.07) is 16.4. The van der Waals surface area contributed by atoms with Gasteiger partial charge in [0.25, 0.3) is 0 Å². The lowest BCUT2D eigenvalue weighted by atomic mass is 10.2. The minimum Gasteiger partial charge on any atom is -0.494 e. The fourth-order valence-electron chi connectivity index (χ4n) is 3.55. The van der Waals surface area contributed by atoms with Crippen LogP contribution in [-0.4, -0.2) is 28.6 Å². The van der Waals surface area contributed by atoms with Crippen molar-refractivity contribution >= 4 is 16.9 Å². The number of ether oxygens (including phenoxy) is 1. The Hall–Kier alpha value is -2.82. The van der Waals surface area contributed by atoms with Crippen LogP contribution >= 0.6 is 0 Å². The maximum Gasteiger partial charge on any atom is 0.223 e. The van der Waals surface area contributed by atoms with Crippen LogP contribution in [0, 0.1) is 12.8 Å². The molecule has 2 aromatic carbocycles. The Bertz CT molecular complexity index is 958. The van der Waals surface area contributed by atoms with Gasteiger partial charge in [0, 0.05) is 25.4 Å². The topological polar surface area (TPSA) is 56.1 Å². The van der Waals surface area contributed by atoms with Gasteiger partial charge in [0.1, 0.15) is 11.6 Å².